The van der Waals surface area contributed by atoms with Crippen LogP contribution in [0.4, 0.5) is 0 Å². The molecule has 74 valence electrons. The van der Waals surface area contributed by atoms with E-state index in [4.69, 9.17) is 4.74 Å². The van der Waals surface area contributed by atoms with Crippen LogP contribution in [0.1, 0.15) is 46.0 Å². The van der Waals surface area contributed by atoms with Crippen LogP contribution in [0.25, 0.3) is 0 Å². The number of ether oxygens (including phenoxy) is 1. The molecular formula is C12H20O. The lowest BCUT2D eigenvalue weighted by molar-refractivity contribution is -0.00436. The van der Waals surface area contributed by atoms with Crippen molar-refractivity contribution in [1.82, 2.24) is 0 Å². The normalized spacial score (nSPS) is 34.2. The van der Waals surface area contributed by atoms with Gasteiger partial charge < -0.3 is 4.74 Å². The van der Waals surface area contributed by atoms with Gasteiger partial charge in [0.1, 0.15) is 0 Å². The monoisotopic (exact) mass is 180 g/mol. The highest BCUT2D eigenvalue weighted by molar-refractivity contribution is 5.13. The van der Waals surface area contributed by atoms with Crippen molar-refractivity contribution >= 4 is 0 Å². The maximum atomic E-state index is 5.86. The molecule has 0 N–H and O–H groups in total. The smallest absolute Gasteiger partial charge is 0.0720 e. The summed E-state index contributed by atoms with van der Waals surface area (Å²) < 4.78 is 5.86. The fourth-order valence-electron chi connectivity index (χ4n) is 2.53. The molecular weight excluding hydrogens is 160 g/mol. The van der Waals surface area contributed by atoms with E-state index in [1.165, 1.54) is 32.1 Å². The van der Waals surface area contributed by atoms with Gasteiger partial charge in [0.05, 0.1) is 5.60 Å². The second kappa shape index (κ2) is 3.45. The zero-order valence-electron chi connectivity index (χ0n) is 8.81. The minimum atomic E-state index is 0.262. The number of hydrogen-bond donors (Lipinski definition) is 0. The third kappa shape index (κ3) is 1.80. The summed E-state index contributed by atoms with van der Waals surface area (Å²) in [5.41, 5.74) is 1.90. The van der Waals surface area contributed by atoms with Crippen molar-refractivity contribution in [3.63, 3.8) is 0 Å². The summed E-state index contributed by atoms with van der Waals surface area (Å²) in [6, 6.07) is 0. The van der Waals surface area contributed by atoms with E-state index >= 15 is 0 Å². The van der Waals surface area contributed by atoms with Crippen molar-refractivity contribution in [3.05, 3.63) is 11.6 Å². The Morgan fingerprint density at radius 2 is 2.23 bits per heavy atom. The first-order valence-electron chi connectivity index (χ1n) is 5.55. The van der Waals surface area contributed by atoms with Gasteiger partial charge in [0, 0.05) is 6.61 Å². The Hall–Kier alpha value is -0.300. The molecule has 1 spiro atoms. The minimum absolute atomic E-state index is 0.262. The van der Waals surface area contributed by atoms with Gasteiger partial charge in [-0.1, -0.05) is 25.5 Å². The largest absolute Gasteiger partial charge is 0.375 e. The van der Waals surface area contributed by atoms with E-state index in [1.807, 2.05) is 0 Å². The maximum Gasteiger partial charge on any atom is 0.0720 e. The van der Waals surface area contributed by atoms with Gasteiger partial charge in [0.25, 0.3) is 0 Å². The molecule has 1 fully saturated rings. The lowest BCUT2D eigenvalue weighted by atomic mass is 9.80. The number of rotatable bonds is 1. The van der Waals surface area contributed by atoms with Crippen LogP contribution in [0, 0.1) is 5.92 Å². The first-order chi connectivity index (χ1) is 6.22. The van der Waals surface area contributed by atoms with Crippen LogP contribution in [0.15, 0.2) is 11.6 Å². The zero-order valence-corrected chi connectivity index (χ0v) is 8.81. The molecule has 1 unspecified atom stereocenters. The molecule has 2 rings (SSSR count). The van der Waals surface area contributed by atoms with Crippen LogP contribution in [0.2, 0.25) is 0 Å². The van der Waals surface area contributed by atoms with Crippen LogP contribution in [-0.4, -0.2) is 12.2 Å². The molecule has 0 amide bonds. The Bertz CT molecular complexity index is 209. The SMILES string of the molecule is CC(C)C1=CCC2(CCCO2)CC1. The van der Waals surface area contributed by atoms with E-state index in [2.05, 4.69) is 19.9 Å². The Balaban J connectivity index is 2.02. The van der Waals surface area contributed by atoms with Gasteiger partial charge in [-0.2, -0.15) is 0 Å². The predicted octanol–water partition coefficient (Wildman–Crippen LogP) is 3.30. The van der Waals surface area contributed by atoms with Crippen molar-refractivity contribution in [1.29, 1.82) is 0 Å². The van der Waals surface area contributed by atoms with Gasteiger partial charge in [-0.15, -0.1) is 0 Å². The molecule has 0 bridgehead atoms. The van der Waals surface area contributed by atoms with E-state index < -0.39 is 0 Å². The van der Waals surface area contributed by atoms with E-state index in [9.17, 15) is 0 Å². The van der Waals surface area contributed by atoms with Gasteiger partial charge in [0.15, 0.2) is 0 Å². The Labute approximate surface area is 81.2 Å². The third-order valence-corrected chi connectivity index (χ3v) is 3.53. The van der Waals surface area contributed by atoms with E-state index in [0.29, 0.717) is 0 Å². The van der Waals surface area contributed by atoms with Gasteiger partial charge >= 0.3 is 0 Å². The molecule has 0 aromatic rings. The fourth-order valence-corrected chi connectivity index (χ4v) is 2.53. The highest BCUT2D eigenvalue weighted by atomic mass is 16.5. The van der Waals surface area contributed by atoms with E-state index in [-0.39, 0.29) is 5.60 Å². The zero-order chi connectivity index (χ0) is 9.31. The van der Waals surface area contributed by atoms with Crippen LogP contribution >= 0.6 is 0 Å². The highest BCUT2D eigenvalue weighted by Gasteiger charge is 2.36. The summed E-state index contributed by atoms with van der Waals surface area (Å²) in [7, 11) is 0. The maximum absolute atomic E-state index is 5.86. The molecule has 1 heteroatoms. The summed E-state index contributed by atoms with van der Waals surface area (Å²) in [5.74, 6) is 0.735. The van der Waals surface area contributed by atoms with Crippen molar-refractivity contribution in [3.8, 4) is 0 Å². The molecule has 1 heterocycles. The van der Waals surface area contributed by atoms with Crippen LogP contribution < -0.4 is 0 Å². The van der Waals surface area contributed by atoms with Crippen molar-refractivity contribution in [2.75, 3.05) is 6.61 Å². The van der Waals surface area contributed by atoms with Crippen LogP contribution in [0.5, 0.6) is 0 Å². The van der Waals surface area contributed by atoms with E-state index in [0.717, 1.165) is 12.5 Å². The summed E-state index contributed by atoms with van der Waals surface area (Å²) in [4.78, 5) is 0. The fraction of sp³-hybridized carbons (Fsp3) is 0.833. The predicted molar refractivity (Wildman–Crippen MR) is 54.7 cm³/mol. The van der Waals surface area contributed by atoms with Gasteiger partial charge in [-0.05, 0) is 38.0 Å². The first kappa shape index (κ1) is 9.26. The van der Waals surface area contributed by atoms with Crippen LogP contribution in [-0.2, 0) is 4.74 Å². The third-order valence-electron chi connectivity index (χ3n) is 3.53. The lowest BCUT2D eigenvalue weighted by Crippen LogP contribution is -2.30. The molecule has 0 aromatic carbocycles. The quantitative estimate of drug-likeness (QED) is 0.563. The Morgan fingerprint density at radius 1 is 1.38 bits per heavy atom. The second-order valence-electron chi connectivity index (χ2n) is 4.77. The summed E-state index contributed by atoms with van der Waals surface area (Å²) in [5, 5.41) is 0. The standard InChI is InChI=1S/C12H20O/c1-10(2)11-4-7-12(8-5-11)6-3-9-13-12/h4,10H,3,5-9H2,1-2H3. The molecule has 0 radical (unpaired) electrons. The topological polar surface area (TPSA) is 9.23 Å². The molecule has 1 aliphatic heterocycles. The summed E-state index contributed by atoms with van der Waals surface area (Å²) >= 11 is 0. The van der Waals surface area contributed by atoms with E-state index in [1.54, 1.807) is 5.57 Å². The van der Waals surface area contributed by atoms with Crippen molar-refractivity contribution in [2.45, 2.75) is 51.6 Å². The lowest BCUT2D eigenvalue weighted by Gasteiger charge is -2.32. The molecule has 1 saturated heterocycles. The van der Waals surface area contributed by atoms with Gasteiger partial charge in [-0.3, -0.25) is 0 Å². The molecule has 0 saturated carbocycles. The molecule has 1 aliphatic carbocycles. The van der Waals surface area contributed by atoms with Gasteiger partial charge in [-0.25, -0.2) is 0 Å². The Morgan fingerprint density at radius 3 is 2.69 bits per heavy atom. The van der Waals surface area contributed by atoms with Crippen LogP contribution in [0.3, 0.4) is 0 Å². The average Bonchev–Trinajstić information content (AvgIpc) is 2.54. The molecule has 13 heavy (non-hydrogen) atoms. The van der Waals surface area contributed by atoms with Crippen molar-refractivity contribution in [2.24, 2.45) is 5.92 Å². The molecule has 2 aliphatic rings. The molecule has 1 nitrogen and oxygen atoms in total. The second-order valence-corrected chi connectivity index (χ2v) is 4.77. The minimum Gasteiger partial charge on any atom is -0.375 e. The highest BCUT2D eigenvalue weighted by Crippen LogP contribution is 2.39. The van der Waals surface area contributed by atoms with Crippen molar-refractivity contribution < 1.29 is 4.74 Å². The average molecular weight is 180 g/mol. The summed E-state index contributed by atoms with van der Waals surface area (Å²) in [6.07, 6.45) is 8.68. The molecule has 1 atom stereocenters. The summed E-state index contributed by atoms with van der Waals surface area (Å²) in [6.45, 7) is 5.57. The first-order valence-corrected chi connectivity index (χ1v) is 5.55. The number of allylic oxidation sites excluding steroid dienone is 1. The van der Waals surface area contributed by atoms with Gasteiger partial charge in [0.2, 0.25) is 0 Å². The Kier molecular flexibility index (Phi) is 2.46. The molecule has 0 aromatic heterocycles. The number of hydrogen-bond acceptors (Lipinski definition) is 1.